The predicted octanol–water partition coefficient (Wildman–Crippen LogP) is 1.89. The van der Waals surface area contributed by atoms with E-state index in [4.69, 9.17) is 0 Å². The lowest BCUT2D eigenvalue weighted by molar-refractivity contribution is -0.0944. The average molecular weight is 272 g/mol. The Balaban J connectivity index is 2.03. The van der Waals surface area contributed by atoms with Crippen molar-refractivity contribution in [3.63, 3.8) is 0 Å². The van der Waals surface area contributed by atoms with Crippen molar-refractivity contribution in [3.05, 3.63) is 29.5 Å². The van der Waals surface area contributed by atoms with Gasteiger partial charge in [0.1, 0.15) is 0 Å². The second-order valence-corrected chi connectivity index (χ2v) is 4.34. The van der Waals surface area contributed by atoms with Gasteiger partial charge >= 0.3 is 6.18 Å². The molecule has 1 aromatic rings. The fourth-order valence-corrected chi connectivity index (χ4v) is 1.93. The van der Waals surface area contributed by atoms with Crippen molar-refractivity contribution in [2.75, 3.05) is 25.0 Å². The Bertz CT molecular complexity index is 453. The highest BCUT2D eigenvalue weighted by molar-refractivity contribution is 5.40. The van der Waals surface area contributed by atoms with Crippen LogP contribution < -0.4 is 10.2 Å². The van der Waals surface area contributed by atoms with Crippen LogP contribution in [0.1, 0.15) is 12.1 Å². The Morgan fingerprint density at radius 2 is 2.11 bits per heavy atom. The lowest BCUT2D eigenvalue weighted by Crippen LogP contribution is -2.32. The topological polar surface area (TPSA) is 41.0 Å². The van der Waals surface area contributed by atoms with Crippen molar-refractivity contribution in [2.45, 2.75) is 19.1 Å². The highest BCUT2D eigenvalue weighted by atomic mass is 19.4. The predicted molar refractivity (Wildman–Crippen MR) is 65.8 cm³/mol. The van der Waals surface area contributed by atoms with Gasteiger partial charge in [-0.3, -0.25) is 0 Å². The third kappa shape index (κ3) is 3.44. The van der Waals surface area contributed by atoms with Crippen molar-refractivity contribution in [3.8, 4) is 0 Å². The molecule has 0 aliphatic carbocycles. The standard InChI is InChI=1S/C12H15F3N4/c1-16-8-10-2-3-11(18-17-10)19-6-4-9(5-7-19)12(13,14)15/h2-4,16H,5-8H2,1H3. The van der Waals surface area contributed by atoms with Gasteiger partial charge in [0, 0.05) is 25.2 Å². The maximum absolute atomic E-state index is 12.5. The molecule has 1 aliphatic heterocycles. The molecular formula is C12H15F3N4. The molecule has 0 aromatic carbocycles. The molecule has 0 radical (unpaired) electrons. The zero-order chi connectivity index (χ0) is 13.9. The average Bonchev–Trinajstić information content (AvgIpc) is 2.39. The highest BCUT2D eigenvalue weighted by Gasteiger charge is 2.34. The molecule has 2 rings (SSSR count). The maximum Gasteiger partial charge on any atom is 0.412 e. The van der Waals surface area contributed by atoms with Crippen LogP contribution in [0.2, 0.25) is 0 Å². The van der Waals surface area contributed by atoms with E-state index in [-0.39, 0.29) is 13.0 Å². The van der Waals surface area contributed by atoms with Crippen molar-refractivity contribution < 1.29 is 13.2 Å². The van der Waals surface area contributed by atoms with E-state index in [1.807, 2.05) is 13.1 Å². The normalized spacial score (nSPS) is 16.4. The lowest BCUT2D eigenvalue weighted by Gasteiger charge is -2.27. The summed E-state index contributed by atoms with van der Waals surface area (Å²) >= 11 is 0. The van der Waals surface area contributed by atoms with Crippen LogP contribution in [0.5, 0.6) is 0 Å². The van der Waals surface area contributed by atoms with Crippen molar-refractivity contribution >= 4 is 5.82 Å². The smallest absolute Gasteiger partial charge is 0.351 e. The molecule has 0 saturated heterocycles. The summed E-state index contributed by atoms with van der Waals surface area (Å²) in [5, 5.41) is 11.0. The van der Waals surface area contributed by atoms with E-state index in [1.165, 1.54) is 6.08 Å². The van der Waals surface area contributed by atoms with E-state index in [1.54, 1.807) is 11.0 Å². The molecular weight excluding hydrogens is 257 g/mol. The molecule has 0 saturated carbocycles. The van der Waals surface area contributed by atoms with Gasteiger partial charge in [-0.2, -0.15) is 18.3 Å². The van der Waals surface area contributed by atoms with E-state index in [2.05, 4.69) is 15.5 Å². The molecule has 19 heavy (non-hydrogen) atoms. The van der Waals surface area contributed by atoms with Crippen LogP contribution in [0.4, 0.5) is 19.0 Å². The second-order valence-electron chi connectivity index (χ2n) is 4.34. The molecule has 0 amide bonds. The quantitative estimate of drug-likeness (QED) is 0.853. The number of hydrogen-bond acceptors (Lipinski definition) is 4. The Morgan fingerprint density at radius 1 is 1.32 bits per heavy atom. The van der Waals surface area contributed by atoms with Crippen LogP contribution in [-0.2, 0) is 6.54 Å². The zero-order valence-corrected chi connectivity index (χ0v) is 10.5. The fraction of sp³-hybridized carbons (Fsp3) is 0.500. The second kappa shape index (κ2) is 5.56. The van der Waals surface area contributed by atoms with Gasteiger partial charge in [0.05, 0.1) is 5.69 Å². The largest absolute Gasteiger partial charge is 0.412 e. The number of rotatable bonds is 3. The number of anilines is 1. The maximum atomic E-state index is 12.5. The first kappa shape index (κ1) is 13.8. The Labute approximate surface area is 109 Å². The lowest BCUT2D eigenvalue weighted by atomic mass is 10.1. The third-order valence-electron chi connectivity index (χ3n) is 2.96. The van der Waals surface area contributed by atoms with Crippen molar-refractivity contribution in [1.82, 2.24) is 15.5 Å². The van der Waals surface area contributed by atoms with E-state index in [0.29, 0.717) is 18.9 Å². The third-order valence-corrected chi connectivity index (χ3v) is 2.96. The molecule has 0 fully saturated rings. The van der Waals surface area contributed by atoms with Crippen LogP contribution in [0.15, 0.2) is 23.8 Å². The monoisotopic (exact) mass is 272 g/mol. The summed E-state index contributed by atoms with van der Waals surface area (Å²) in [5.74, 6) is 0.609. The SMILES string of the molecule is CNCc1ccc(N2CC=C(C(F)(F)F)CC2)nn1. The van der Waals surface area contributed by atoms with Crippen LogP contribution in [-0.4, -0.2) is 36.5 Å². The van der Waals surface area contributed by atoms with Crippen LogP contribution in [0.25, 0.3) is 0 Å². The first-order valence-corrected chi connectivity index (χ1v) is 5.99. The summed E-state index contributed by atoms with van der Waals surface area (Å²) in [6.45, 7) is 1.14. The van der Waals surface area contributed by atoms with E-state index in [0.717, 1.165) is 5.69 Å². The van der Waals surface area contributed by atoms with Crippen molar-refractivity contribution in [1.29, 1.82) is 0 Å². The van der Waals surface area contributed by atoms with Crippen LogP contribution in [0, 0.1) is 0 Å². The first-order valence-electron chi connectivity index (χ1n) is 5.99. The minimum Gasteiger partial charge on any atom is -0.351 e. The summed E-state index contributed by atoms with van der Waals surface area (Å²) in [5.41, 5.74) is 0.346. The van der Waals surface area contributed by atoms with E-state index in [9.17, 15) is 13.2 Å². The van der Waals surface area contributed by atoms with Gasteiger partial charge in [-0.1, -0.05) is 6.08 Å². The molecule has 1 N–H and O–H groups in total. The first-order chi connectivity index (χ1) is 9.00. The van der Waals surface area contributed by atoms with E-state index < -0.39 is 11.7 Å². The van der Waals surface area contributed by atoms with Gasteiger partial charge in [0.15, 0.2) is 5.82 Å². The molecule has 1 aliphatic rings. The minimum absolute atomic E-state index is 0.0105. The summed E-state index contributed by atoms with van der Waals surface area (Å²) in [6.07, 6.45) is -3.01. The molecule has 104 valence electrons. The summed E-state index contributed by atoms with van der Waals surface area (Å²) < 4.78 is 37.5. The number of aromatic nitrogens is 2. The Morgan fingerprint density at radius 3 is 2.58 bits per heavy atom. The van der Waals surface area contributed by atoms with Gasteiger partial charge in [-0.25, -0.2) is 0 Å². The number of halogens is 3. The van der Waals surface area contributed by atoms with E-state index >= 15 is 0 Å². The van der Waals surface area contributed by atoms with Gasteiger partial charge in [0.25, 0.3) is 0 Å². The minimum atomic E-state index is -4.21. The molecule has 7 heteroatoms. The van der Waals surface area contributed by atoms with Gasteiger partial charge in [-0.05, 0) is 25.6 Å². The van der Waals surface area contributed by atoms with Gasteiger partial charge in [-0.15, -0.1) is 5.10 Å². The number of nitrogens with one attached hydrogen (secondary N) is 1. The Hall–Kier alpha value is -1.63. The molecule has 0 unspecified atom stereocenters. The number of hydrogen-bond donors (Lipinski definition) is 1. The molecule has 0 atom stereocenters. The molecule has 0 spiro atoms. The molecule has 2 heterocycles. The highest BCUT2D eigenvalue weighted by Crippen LogP contribution is 2.30. The molecule has 4 nitrogen and oxygen atoms in total. The Kier molecular flexibility index (Phi) is 4.04. The van der Waals surface area contributed by atoms with Gasteiger partial charge < -0.3 is 10.2 Å². The molecule has 0 bridgehead atoms. The summed E-state index contributed by atoms with van der Waals surface area (Å²) in [4.78, 5) is 1.78. The van der Waals surface area contributed by atoms with Crippen molar-refractivity contribution in [2.24, 2.45) is 0 Å². The zero-order valence-electron chi connectivity index (χ0n) is 10.5. The fourth-order valence-electron chi connectivity index (χ4n) is 1.93. The molecule has 1 aromatic heterocycles. The summed E-state index contributed by atoms with van der Waals surface area (Å²) in [7, 11) is 1.81. The van der Waals surface area contributed by atoms with Crippen LogP contribution >= 0.6 is 0 Å². The van der Waals surface area contributed by atoms with Crippen LogP contribution in [0.3, 0.4) is 0 Å². The number of nitrogens with zero attached hydrogens (tertiary/aromatic N) is 3. The number of alkyl halides is 3. The summed E-state index contributed by atoms with van der Waals surface area (Å²) in [6, 6.07) is 3.61. The van der Waals surface area contributed by atoms with Gasteiger partial charge in [0.2, 0.25) is 0 Å².